The highest BCUT2D eigenvalue weighted by molar-refractivity contribution is 9.10. The van der Waals surface area contributed by atoms with Crippen molar-refractivity contribution in [2.45, 2.75) is 13.8 Å². The quantitative estimate of drug-likeness (QED) is 0.616. The predicted molar refractivity (Wildman–Crippen MR) is 130 cm³/mol. The van der Waals surface area contributed by atoms with Crippen molar-refractivity contribution in [1.29, 1.82) is 0 Å². The second-order valence-corrected chi connectivity index (χ2v) is 8.50. The topological polar surface area (TPSA) is 56.8 Å². The largest absolute Gasteiger partial charge is 0.496 e. The zero-order valence-corrected chi connectivity index (χ0v) is 19.9. The molecule has 2 aromatic carbocycles. The van der Waals surface area contributed by atoms with Crippen molar-refractivity contribution in [2.75, 3.05) is 50.1 Å². The Kier molecular flexibility index (Phi) is 7.69. The van der Waals surface area contributed by atoms with E-state index in [4.69, 9.17) is 17.0 Å². The molecule has 1 saturated heterocycles. The molecule has 1 aliphatic rings. The van der Waals surface area contributed by atoms with Crippen molar-refractivity contribution in [3.8, 4) is 5.75 Å². The number of ether oxygens (including phenoxy) is 1. The molecule has 2 N–H and O–H groups in total. The molecule has 3 rings (SSSR count). The number of nitrogens with zero attached hydrogens (tertiary/aromatic N) is 2. The molecule has 0 spiro atoms. The van der Waals surface area contributed by atoms with Crippen molar-refractivity contribution in [3.05, 3.63) is 52.0 Å². The number of aryl methyl sites for hydroxylation is 1. The highest BCUT2D eigenvalue weighted by Crippen LogP contribution is 2.27. The van der Waals surface area contributed by atoms with Crippen LogP contribution in [0.5, 0.6) is 5.75 Å². The first-order chi connectivity index (χ1) is 14.4. The summed E-state index contributed by atoms with van der Waals surface area (Å²) in [5.74, 6) is 0.213. The van der Waals surface area contributed by atoms with E-state index < -0.39 is 0 Å². The number of hydrogen-bond donors (Lipinski definition) is 2. The molecule has 0 unspecified atom stereocenters. The average molecular weight is 491 g/mol. The molecule has 6 nitrogen and oxygen atoms in total. The molecule has 2 aromatic rings. The Bertz CT molecular complexity index is 912. The maximum atomic E-state index is 12.7. The van der Waals surface area contributed by atoms with Gasteiger partial charge in [-0.1, -0.05) is 22.9 Å². The minimum absolute atomic E-state index is 0.240. The number of anilines is 2. The summed E-state index contributed by atoms with van der Waals surface area (Å²) in [5, 5.41) is 6.04. The number of methoxy groups -OCH3 is 1. The summed E-state index contributed by atoms with van der Waals surface area (Å²) in [4.78, 5) is 17.5. The van der Waals surface area contributed by atoms with Gasteiger partial charge < -0.3 is 19.9 Å². The lowest BCUT2D eigenvalue weighted by Crippen LogP contribution is -2.46. The maximum Gasteiger partial charge on any atom is 0.261 e. The van der Waals surface area contributed by atoms with Gasteiger partial charge in [0.05, 0.1) is 12.7 Å². The monoisotopic (exact) mass is 490 g/mol. The molecular formula is C22H27BrN4O2S. The van der Waals surface area contributed by atoms with E-state index in [0.717, 1.165) is 48.4 Å². The van der Waals surface area contributed by atoms with Gasteiger partial charge in [0.2, 0.25) is 0 Å². The number of amides is 1. The van der Waals surface area contributed by atoms with Crippen LogP contribution in [0.2, 0.25) is 0 Å². The van der Waals surface area contributed by atoms with E-state index in [1.807, 2.05) is 25.1 Å². The van der Waals surface area contributed by atoms with Crippen molar-refractivity contribution in [1.82, 2.24) is 10.2 Å². The Hall–Kier alpha value is -2.16. The van der Waals surface area contributed by atoms with Crippen molar-refractivity contribution >= 4 is 50.5 Å². The van der Waals surface area contributed by atoms with Crippen LogP contribution in [0.3, 0.4) is 0 Å². The van der Waals surface area contributed by atoms with Crippen LogP contribution in [0.4, 0.5) is 11.4 Å². The van der Waals surface area contributed by atoms with Gasteiger partial charge >= 0.3 is 0 Å². The molecule has 0 atom stereocenters. The summed E-state index contributed by atoms with van der Waals surface area (Å²) in [7, 11) is 1.55. The first-order valence-electron chi connectivity index (χ1n) is 9.95. The van der Waals surface area contributed by atoms with Crippen LogP contribution < -0.4 is 20.3 Å². The summed E-state index contributed by atoms with van der Waals surface area (Å²) in [6.07, 6.45) is 0. The standard InChI is InChI=1S/C22H27BrN4O2S/c1-4-26-9-11-27(12-10-26)18-7-5-17(6-8-18)24-22(30)25-21(28)19-14-16(23)13-15(2)20(19)29-3/h5-8,13-14H,4,9-12H2,1-3H3,(H2,24,25,28,30). The highest BCUT2D eigenvalue weighted by Gasteiger charge is 2.18. The molecule has 30 heavy (non-hydrogen) atoms. The lowest BCUT2D eigenvalue weighted by molar-refractivity contribution is 0.0974. The van der Waals surface area contributed by atoms with E-state index in [2.05, 4.69) is 55.4 Å². The maximum absolute atomic E-state index is 12.7. The molecule has 1 heterocycles. The molecule has 1 aliphatic heterocycles. The van der Waals surface area contributed by atoms with E-state index in [1.54, 1.807) is 13.2 Å². The Morgan fingerprint density at radius 2 is 1.83 bits per heavy atom. The molecule has 8 heteroatoms. The minimum Gasteiger partial charge on any atom is -0.496 e. The van der Waals surface area contributed by atoms with Gasteiger partial charge in [-0.15, -0.1) is 0 Å². The number of carbonyl (C=O) groups is 1. The Balaban J connectivity index is 1.60. The van der Waals surface area contributed by atoms with E-state index in [9.17, 15) is 4.79 Å². The summed E-state index contributed by atoms with van der Waals surface area (Å²) in [5.41, 5.74) is 3.32. The molecule has 0 radical (unpaired) electrons. The molecule has 0 aliphatic carbocycles. The minimum atomic E-state index is -0.320. The lowest BCUT2D eigenvalue weighted by Gasteiger charge is -2.35. The molecule has 1 amide bonds. The fourth-order valence-electron chi connectivity index (χ4n) is 3.58. The number of likely N-dealkylation sites (N-methyl/N-ethyl adjacent to an activating group) is 1. The van der Waals surface area contributed by atoms with Crippen LogP contribution in [0, 0.1) is 6.92 Å². The number of carbonyl (C=O) groups excluding carboxylic acids is 1. The van der Waals surface area contributed by atoms with Crippen LogP contribution in [0.25, 0.3) is 0 Å². The lowest BCUT2D eigenvalue weighted by atomic mass is 10.1. The van der Waals surface area contributed by atoms with Crippen molar-refractivity contribution in [3.63, 3.8) is 0 Å². The molecule has 0 bridgehead atoms. The van der Waals surface area contributed by atoms with E-state index >= 15 is 0 Å². The van der Waals surface area contributed by atoms with Gasteiger partial charge in [-0.2, -0.15) is 0 Å². The Morgan fingerprint density at radius 1 is 1.17 bits per heavy atom. The van der Waals surface area contributed by atoms with Gasteiger partial charge in [-0.05, 0) is 67.6 Å². The zero-order chi connectivity index (χ0) is 21.7. The second kappa shape index (κ2) is 10.2. The SMILES string of the molecule is CCN1CCN(c2ccc(NC(=S)NC(=O)c3cc(Br)cc(C)c3OC)cc2)CC1. The Morgan fingerprint density at radius 3 is 2.43 bits per heavy atom. The molecule has 160 valence electrons. The van der Waals surface area contributed by atoms with E-state index in [0.29, 0.717) is 11.3 Å². The average Bonchev–Trinajstić information content (AvgIpc) is 2.73. The summed E-state index contributed by atoms with van der Waals surface area (Å²) in [6, 6.07) is 11.7. The first kappa shape index (κ1) is 22.5. The predicted octanol–water partition coefficient (Wildman–Crippen LogP) is 4.03. The zero-order valence-electron chi connectivity index (χ0n) is 17.5. The normalized spacial score (nSPS) is 14.3. The summed E-state index contributed by atoms with van der Waals surface area (Å²) in [6.45, 7) is 9.43. The van der Waals surface area contributed by atoms with Gasteiger partial charge in [0.25, 0.3) is 5.91 Å². The van der Waals surface area contributed by atoms with E-state index in [-0.39, 0.29) is 11.0 Å². The third-order valence-electron chi connectivity index (χ3n) is 5.23. The van der Waals surface area contributed by atoms with Crippen LogP contribution in [-0.2, 0) is 0 Å². The van der Waals surface area contributed by atoms with Crippen LogP contribution in [0.1, 0.15) is 22.8 Å². The second-order valence-electron chi connectivity index (χ2n) is 7.18. The first-order valence-corrected chi connectivity index (χ1v) is 11.1. The number of thiocarbonyl (C=S) groups is 1. The number of hydrogen-bond acceptors (Lipinski definition) is 5. The fourth-order valence-corrected chi connectivity index (χ4v) is 4.36. The summed E-state index contributed by atoms with van der Waals surface area (Å²) >= 11 is 8.75. The van der Waals surface area contributed by atoms with Gasteiger partial charge in [-0.3, -0.25) is 10.1 Å². The third-order valence-corrected chi connectivity index (χ3v) is 5.89. The molecule has 0 aromatic heterocycles. The third kappa shape index (κ3) is 5.50. The molecule has 0 saturated carbocycles. The van der Waals surface area contributed by atoms with E-state index in [1.165, 1.54) is 5.69 Å². The van der Waals surface area contributed by atoms with Gasteiger partial charge in [0.15, 0.2) is 5.11 Å². The van der Waals surface area contributed by atoms with Crippen LogP contribution in [0.15, 0.2) is 40.9 Å². The molecular weight excluding hydrogens is 464 g/mol. The van der Waals surface area contributed by atoms with Crippen LogP contribution in [-0.4, -0.2) is 55.8 Å². The molecule has 1 fully saturated rings. The number of piperazine rings is 1. The fraction of sp³-hybridized carbons (Fsp3) is 0.364. The van der Waals surface area contributed by atoms with Gasteiger partial charge in [0.1, 0.15) is 5.75 Å². The van der Waals surface area contributed by atoms with Gasteiger partial charge in [-0.25, -0.2) is 0 Å². The summed E-state index contributed by atoms with van der Waals surface area (Å²) < 4.78 is 6.19. The van der Waals surface area contributed by atoms with Crippen molar-refractivity contribution in [2.24, 2.45) is 0 Å². The smallest absolute Gasteiger partial charge is 0.261 e. The number of benzene rings is 2. The number of halogens is 1. The number of nitrogens with one attached hydrogen (secondary N) is 2. The van der Waals surface area contributed by atoms with Crippen LogP contribution >= 0.6 is 28.1 Å². The van der Waals surface area contributed by atoms with Crippen molar-refractivity contribution < 1.29 is 9.53 Å². The Labute approximate surface area is 191 Å². The van der Waals surface area contributed by atoms with Gasteiger partial charge in [0, 0.05) is 42.0 Å². The number of rotatable bonds is 5. The highest BCUT2D eigenvalue weighted by atomic mass is 79.9.